The molecule has 0 aliphatic heterocycles. The van der Waals surface area contributed by atoms with Crippen molar-refractivity contribution in [1.82, 2.24) is 34.8 Å². The number of likely N-dealkylation sites (N-methyl/N-ethyl adjacent to an activating group) is 5. The van der Waals surface area contributed by atoms with Crippen LogP contribution >= 0.6 is 0 Å². The third-order valence-electron chi connectivity index (χ3n) is 12.0. The van der Waals surface area contributed by atoms with Gasteiger partial charge in [0.15, 0.2) is 0 Å². The van der Waals surface area contributed by atoms with Crippen LogP contribution in [0.15, 0.2) is 67.0 Å². The van der Waals surface area contributed by atoms with Crippen molar-refractivity contribution in [3.8, 4) is 0 Å². The average molecular weight is 814 g/mol. The van der Waals surface area contributed by atoms with Crippen molar-refractivity contribution in [3.05, 3.63) is 78.1 Å². The maximum Gasteiger partial charge on any atom is 0.246 e. The number of aromatic amines is 1. The Morgan fingerprint density at radius 3 is 1.75 bits per heavy atom. The molecule has 3 aromatic rings. The van der Waals surface area contributed by atoms with Gasteiger partial charge in [0.1, 0.15) is 30.2 Å². The van der Waals surface area contributed by atoms with E-state index in [1.807, 2.05) is 108 Å². The second kappa shape index (κ2) is 21.5. The fourth-order valence-electron chi connectivity index (χ4n) is 7.64. The lowest BCUT2D eigenvalue weighted by atomic mass is 9.92. The zero-order chi connectivity index (χ0) is 44.3. The Kier molecular flexibility index (Phi) is 17.5. The number of carbonyl (C=O) groups is 6. The van der Waals surface area contributed by atoms with Crippen molar-refractivity contribution in [1.29, 1.82) is 0 Å². The molecule has 1 aromatic heterocycles. The molecule has 13 heteroatoms. The van der Waals surface area contributed by atoms with Crippen molar-refractivity contribution in [2.24, 2.45) is 17.8 Å². The van der Waals surface area contributed by atoms with Crippen molar-refractivity contribution < 1.29 is 28.8 Å². The van der Waals surface area contributed by atoms with Gasteiger partial charge >= 0.3 is 0 Å². The number of fused-ring (bicyclic) bond motifs is 1. The van der Waals surface area contributed by atoms with E-state index in [9.17, 15) is 28.8 Å². The quantitative estimate of drug-likeness (QED) is 0.165. The van der Waals surface area contributed by atoms with Gasteiger partial charge in [0.05, 0.1) is 0 Å². The second-order valence-electron chi connectivity index (χ2n) is 16.3. The van der Waals surface area contributed by atoms with Gasteiger partial charge < -0.3 is 34.8 Å². The SMILES string of the molecule is CC[C@H](C)[C@@H](C(=O)N/C=C\c1c[nH]c2ccccc12)N(C)C(=O)[C@H]([C@@H](C)CC)N(C)C(=O)[C@H](C)N(C)C(=O)[C@H](C(C)C)N(C)C(=O)[C@@H](Cc1ccccc1)N(C)C(C)=O. The number of H-pyrrole nitrogens is 1. The molecule has 0 fully saturated rings. The first-order chi connectivity index (χ1) is 27.8. The van der Waals surface area contributed by atoms with Crippen LogP contribution in [0.25, 0.3) is 17.0 Å². The van der Waals surface area contributed by atoms with Gasteiger partial charge in [0.25, 0.3) is 0 Å². The minimum Gasteiger partial charge on any atom is -0.361 e. The summed E-state index contributed by atoms with van der Waals surface area (Å²) >= 11 is 0. The largest absolute Gasteiger partial charge is 0.361 e. The van der Waals surface area contributed by atoms with Crippen LogP contribution in [0.3, 0.4) is 0 Å². The van der Waals surface area contributed by atoms with Gasteiger partial charge in [-0.1, -0.05) is 103 Å². The van der Waals surface area contributed by atoms with Crippen LogP contribution < -0.4 is 5.32 Å². The smallest absolute Gasteiger partial charge is 0.246 e. The Morgan fingerprint density at radius 2 is 1.17 bits per heavy atom. The van der Waals surface area contributed by atoms with E-state index in [0.29, 0.717) is 12.8 Å². The van der Waals surface area contributed by atoms with Crippen LogP contribution in [-0.2, 0) is 35.2 Å². The molecule has 0 saturated carbocycles. The summed E-state index contributed by atoms with van der Waals surface area (Å²) in [6.07, 6.45) is 6.71. The Balaban J connectivity index is 1.84. The monoisotopic (exact) mass is 814 g/mol. The van der Waals surface area contributed by atoms with E-state index < -0.39 is 47.9 Å². The molecule has 7 atom stereocenters. The first-order valence-corrected chi connectivity index (χ1v) is 20.7. The maximum absolute atomic E-state index is 14.5. The summed E-state index contributed by atoms with van der Waals surface area (Å²) in [5.41, 5.74) is 2.75. The summed E-state index contributed by atoms with van der Waals surface area (Å²) in [6, 6.07) is 12.6. The highest BCUT2D eigenvalue weighted by molar-refractivity contribution is 5.97. The number of hydrogen-bond donors (Lipinski definition) is 2. The number of nitrogens with one attached hydrogen (secondary N) is 2. The molecule has 59 heavy (non-hydrogen) atoms. The van der Waals surface area contributed by atoms with Crippen LogP contribution in [0.1, 0.15) is 79.4 Å². The molecule has 0 spiro atoms. The van der Waals surface area contributed by atoms with Gasteiger partial charge in [0.2, 0.25) is 35.4 Å². The van der Waals surface area contributed by atoms with E-state index in [1.54, 1.807) is 41.3 Å². The van der Waals surface area contributed by atoms with Gasteiger partial charge in [-0.25, -0.2) is 0 Å². The Hall–Kier alpha value is -5.46. The number of benzene rings is 2. The minimum absolute atomic E-state index is 0.207. The Morgan fingerprint density at radius 1 is 0.644 bits per heavy atom. The Labute approximate surface area is 351 Å². The molecule has 2 aromatic carbocycles. The fraction of sp³-hybridized carbons (Fsp3) is 0.522. The summed E-state index contributed by atoms with van der Waals surface area (Å²) in [5, 5.41) is 3.90. The topological polar surface area (TPSA) is 146 Å². The average Bonchev–Trinajstić information content (AvgIpc) is 3.64. The molecular weight excluding hydrogens is 747 g/mol. The predicted molar refractivity (Wildman–Crippen MR) is 234 cm³/mol. The highest BCUT2D eigenvalue weighted by Gasteiger charge is 2.42. The summed E-state index contributed by atoms with van der Waals surface area (Å²) in [6.45, 7) is 14.4. The van der Waals surface area contributed by atoms with E-state index in [-0.39, 0.29) is 41.9 Å². The van der Waals surface area contributed by atoms with Crippen LogP contribution in [-0.4, -0.2) is 130 Å². The molecule has 0 unspecified atom stereocenters. The van der Waals surface area contributed by atoms with Crippen LogP contribution in [0.4, 0.5) is 0 Å². The number of aromatic nitrogens is 1. The van der Waals surface area contributed by atoms with Crippen molar-refractivity contribution in [2.45, 2.75) is 105 Å². The third-order valence-corrected chi connectivity index (χ3v) is 12.0. The summed E-state index contributed by atoms with van der Waals surface area (Å²) in [7, 11) is 7.81. The lowest BCUT2D eigenvalue weighted by Gasteiger charge is -2.41. The highest BCUT2D eigenvalue weighted by Crippen LogP contribution is 2.24. The van der Waals surface area contributed by atoms with E-state index in [1.165, 1.54) is 38.5 Å². The molecule has 322 valence electrons. The molecule has 2 N–H and O–H groups in total. The Bertz CT molecular complexity index is 1940. The van der Waals surface area contributed by atoms with Gasteiger partial charge in [0, 0.05) is 77.4 Å². The number of rotatable bonds is 19. The molecule has 3 rings (SSSR count). The first-order valence-electron chi connectivity index (χ1n) is 20.7. The second-order valence-corrected chi connectivity index (χ2v) is 16.3. The van der Waals surface area contributed by atoms with E-state index >= 15 is 0 Å². The number of hydrogen-bond acceptors (Lipinski definition) is 6. The normalized spacial score (nSPS) is 15.1. The summed E-state index contributed by atoms with van der Waals surface area (Å²) in [5.74, 6) is -3.18. The van der Waals surface area contributed by atoms with Crippen LogP contribution in [0, 0.1) is 17.8 Å². The molecule has 0 bridgehead atoms. The molecule has 0 aliphatic rings. The molecule has 0 radical (unpaired) electrons. The molecule has 6 amide bonds. The van der Waals surface area contributed by atoms with Gasteiger partial charge in [-0.2, -0.15) is 0 Å². The number of nitrogens with zero attached hydrogens (tertiary/aromatic N) is 5. The van der Waals surface area contributed by atoms with E-state index in [0.717, 1.165) is 22.0 Å². The molecular formula is C46H67N7O6. The number of carbonyl (C=O) groups excluding carboxylic acids is 6. The van der Waals surface area contributed by atoms with Crippen molar-refractivity contribution in [2.75, 3.05) is 35.2 Å². The number of para-hydroxylation sites is 1. The standard InChI is InChI=1S/C46H67N7O6/c1-14-30(5)40(42(55)47-26-25-35-28-48-37-24-20-19-23-36(35)37)52(12)46(59)41(31(6)15-2)53(13)43(56)32(7)49(9)45(58)39(29(3)4)51(11)44(57)38(50(10)33(8)54)27-34-21-17-16-18-22-34/h16-26,28-32,38-41,48H,14-15,27H2,1-13H3,(H,47,55)/b26-25-/t30-,31-,32-,38+,39-,40-,41-/m0/s1. The lowest BCUT2D eigenvalue weighted by molar-refractivity contribution is -0.156. The van der Waals surface area contributed by atoms with Crippen LogP contribution in [0.2, 0.25) is 0 Å². The van der Waals surface area contributed by atoms with Crippen molar-refractivity contribution in [3.63, 3.8) is 0 Å². The summed E-state index contributed by atoms with van der Waals surface area (Å²) < 4.78 is 0. The van der Waals surface area contributed by atoms with Gasteiger partial charge in [-0.15, -0.1) is 0 Å². The predicted octanol–water partition coefficient (Wildman–Crippen LogP) is 5.42. The minimum atomic E-state index is -1.01. The molecule has 0 saturated heterocycles. The third kappa shape index (κ3) is 11.4. The fourth-order valence-corrected chi connectivity index (χ4v) is 7.64. The molecule has 0 aliphatic carbocycles. The van der Waals surface area contributed by atoms with E-state index in [2.05, 4.69) is 10.3 Å². The summed E-state index contributed by atoms with van der Waals surface area (Å²) in [4.78, 5) is 93.8. The molecule has 1 heterocycles. The van der Waals surface area contributed by atoms with Crippen molar-refractivity contribution >= 4 is 52.4 Å². The van der Waals surface area contributed by atoms with E-state index in [4.69, 9.17) is 0 Å². The highest BCUT2D eigenvalue weighted by atomic mass is 16.2. The zero-order valence-electron chi connectivity index (χ0n) is 37.4. The van der Waals surface area contributed by atoms with Gasteiger partial charge in [-0.3, -0.25) is 28.8 Å². The van der Waals surface area contributed by atoms with Crippen LogP contribution in [0.5, 0.6) is 0 Å². The first kappa shape index (κ1) is 47.9. The zero-order valence-corrected chi connectivity index (χ0v) is 37.4. The van der Waals surface area contributed by atoms with Gasteiger partial charge in [-0.05, 0) is 42.4 Å². The maximum atomic E-state index is 14.5. The lowest BCUT2D eigenvalue weighted by Crippen LogP contribution is -2.61. The number of amides is 6. The molecule has 13 nitrogen and oxygen atoms in total.